The molecule has 0 bridgehead atoms. The van der Waals surface area contributed by atoms with Gasteiger partial charge in [-0.3, -0.25) is 9.59 Å². The fourth-order valence-corrected chi connectivity index (χ4v) is 5.36. The summed E-state index contributed by atoms with van der Waals surface area (Å²) < 4.78 is 32.7. The number of rotatable bonds is 8. The molecule has 2 saturated carbocycles. The van der Waals surface area contributed by atoms with Crippen LogP contribution in [-0.4, -0.2) is 57.5 Å². The molecule has 2 aliphatic carbocycles. The number of hydrogen-bond acceptors (Lipinski definition) is 7. The molecule has 2 amide bonds. The number of hydrogen-bond donors (Lipinski definition) is 2. The number of piperidine rings is 1. The maximum atomic E-state index is 14.2. The summed E-state index contributed by atoms with van der Waals surface area (Å²) in [6, 6.07) is 5.69. The van der Waals surface area contributed by atoms with Crippen molar-refractivity contribution in [3.8, 4) is 11.3 Å². The van der Waals surface area contributed by atoms with Gasteiger partial charge >= 0.3 is 0 Å². The van der Waals surface area contributed by atoms with Crippen LogP contribution in [0.25, 0.3) is 11.3 Å². The Morgan fingerprint density at radius 3 is 2.59 bits per heavy atom. The zero-order valence-corrected chi connectivity index (χ0v) is 21.6. The van der Waals surface area contributed by atoms with E-state index in [9.17, 15) is 18.4 Å². The highest BCUT2D eigenvalue weighted by Crippen LogP contribution is 2.46. The Morgan fingerprint density at radius 2 is 1.90 bits per heavy atom. The van der Waals surface area contributed by atoms with E-state index in [0.717, 1.165) is 38.1 Å². The first-order valence-electron chi connectivity index (χ1n) is 13.3. The third kappa shape index (κ3) is 5.40. The Bertz CT molecular complexity index is 1390. The van der Waals surface area contributed by atoms with Crippen molar-refractivity contribution in [2.24, 2.45) is 11.3 Å². The second-order valence-electron chi connectivity index (χ2n) is 11.4. The van der Waals surface area contributed by atoms with Crippen molar-refractivity contribution in [3.63, 3.8) is 0 Å². The van der Waals surface area contributed by atoms with Gasteiger partial charge in [0.15, 0.2) is 17.3 Å². The average molecular weight is 537 g/mol. The van der Waals surface area contributed by atoms with E-state index in [1.165, 1.54) is 25.0 Å². The lowest BCUT2D eigenvalue weighted by atomic mass is 9.89. The predicted octanol–water partition coefficient (Wildman–Crippen LogP) is 3.44. The van der Waals surface area contributed by atoms with E-state index in [-0.39, 0.29) is 22.9 Å². The van der Waals surface area contributed by atoms with Crippen molar-refractivity contribution in [1.82, 2.24) is 30.7 Å². The van der Waals surface area contributed by atoms with Crippen LogP contribution in [-0.2, 0) is 10.3 Å². The standard InChI is InChI=1S/C28H30F2N6O3/c1-27(6-7-27)16-36-12-5-21(19(15-36)24(37)34-28(8-9-28)26-31-10-2-11-32-26)33-25(38)22-14-23(39-35-22)18-4-3-17(29)13-20(18)30/h2-4,10-11,13-14,19,21H,5-9,12,15-16H2,1H3,(H,33,38)(H,34,37)/t19-,21-/m0/s1. The van der Waals surface area contributed by atoms with E-state index < -0.39 is 35.0 Å². The lowest BCUT2D eigenvalue weighted by Crippen LogP contribution is -2.57. The van der Waals surface area contributed by atoms with Crippen molar-refractivity contribution in [3.05, 3.63) is 65.9 Å². The van der Waals surface area contributed by atoms with E-state index in [4.69, 9.17) is 4.52 Å². The molecule has 0 spiro atoms. The van der Waals surface area contributed by atoms with Crippen LogP contribution in [0.2, 0.25) is 0 Å². The zero-order chi connectivity index (χ0) is 27.2. The van der Waals surface area contributed by atoms with Gasteiger partial charge < -0.3 is 20.1 Å². The SMILES string of the molecule is CC1(CN2CC[C@H](NC(=O)c3cc(-c4ccc(F)cc4F)on3)[C@@H](C(=O)NC3(c4ncccn4)CC3)C2)CC1. The number of amides is 2. The topological polar surface area (TPSA) is 113 Å². The van der Waals surface area contributed by atoms with Gasteiger partial charge in [0.2, 0.25) is 5.91 Å². The van der Waals surface area contributed by atoms with E-state index >= 15 is 0 Å². The Hall–Kier alpha value is -3.73. The maximum Gasteiger partial charge on any atom is 0.273 e. The van der Waals surface area contributed by atoms with Crippen LogP contribution in [0, 0.1) is 23.0 Å². The summed E-state index contributed by atoms with van der Waals surface area (Å²) in [5, 5.41) is 9.95. The summed E-state index contributed by atoms with van der Waals surface area (Å²) in [5.74, 6) is -2.09. The second-order valence-corrected chi connectivity index (χ2v) is 11.4. The number of nitrogens with zero attached hydrogens (tertiary/aromatic N) is 4. The average Bonchev–Trinajstić information content (AvgIpc) is 3.81. The first-order valence-corrected chi connectivity index (χ1v) is 13.3. The van der Waals surface area contributed by atoms with Gasteiger partial charge in [0.25, 0.3) is 5.91 Å². The number of carbonyl (C=O) groups is 2. The second kappa shape index (κ2) is 9.78. The lowest BCUT2D eigenvalue weighted by molar-refractivity contribution is -0.128. The van der Waals surface area contributed by atoms with Gasteiger partial charge in [-0.2, -0.15) is 0 Å². The van der Waals surface area contributed by atoms with Crippen LogP contribution in [0.5, 0.6) is 0 Å². The summed E-state index contributed by atoms with van der Waals surface area (Å²) in [6.07, 6.45) is 7.80. The van der Waals surface area contributed by atoms with Crippen LogP contribution in [0.15, 0.2) is 47.2 Å². The molecular weight excluding hydrogens is 506 g/mol. The predicted molar refractivity (Wildman–Crippen MR) is 136 cm³/mol. The molecule has 1 aliphatic heterocycles. The van der Waals surface area contributed by atoms with Crippen LogP contribution < -0.4 is 10.6 Å². The Kier molecular flexibility index (Phi) is 6.41. The first-order chi connectivity index (χ1) is 18.7. The minimum atomic E-state index is -0.817. The molecule has 1 saturated heterocycles. The lowest BCUT2D eigenvalue weighted by Gasteiger charge is -2.39. The number of benzene rings is 1. The van der Waals surface area contributed by atoms with Crippen molar-refractivity contribution < 1.29 is 22.9 Å². The molecule has 204 valence electrons. The van der Waals surface area contributed by atoms with Gasteiger partial charge in [-0.1, -0.05) is 12.1 Å². The molecule has 1 aromatic carbocycles. The smallest absolute Gasteiger partial charge is 0.273 e. The number of aromatic nitrogens is 3. The maximum absolute atomic E-state index is 14.2. The van der Waals surface area contributed by atoms with Gasteiger partial charge in [0, 0.05) is 50.2 Å². The molecule has 9 nitrogen and oxygen atoms in total. The van der Waals surface area contributed by atoms with E-state index in [1.807, 2.05) is 0 Å². The molecule has 39 heavy (non-hydrogen) atoms. The van der Waals surface area contributed by atoms with Gasteiger partial charge in [0.05, 0.1) is 17.0 Å². The van der Waals surface area contributed by atoms with E-state index in [2.05, 4.69) is 37.6 Å². The summed E-state index contributed by atoms with van der Waals surface area (Å²) in [7, 11) is 0. The quantitative estimate of drug-likeness (QED) is 0.454. The normalized spacial score (nSPS) is 23.2. The van der Waals surface area contributed by atoms with Crippen LogP contribution >= 0.6 is 0 Å². The number of carbonyl (C=O) groups excluding carboxylic acids is 2. The molecule has 2 N–H and O–H groups in total. The van der Waals surface area contributed by atoms with Gasteiger partial charge in [-0.05, 0) is 55.7 Å². The molecule has 2 aromatic heterocycles. The fourth-order valence-electron chi connectivity index (χ4n) is 5.36. The molecule has 2 atom stereocenters. The monoisotopic (exact) mass is 536 g/mol. The van der Waals surface area contributed by atoms with Gasteiger partial charge in [0.1, 0.15) is 11.6 Å². The molecular formula is C28H30F2N6O3. The van der Waals surface area contributed by atoms with Gasteiger partial charge in [-0.25, -0.2) is 18.7 Å². The Morgan fingerprint density at radius 1 is 1.13 bits per heavy atom. The molecule has 3 aliphatic rings. The summed E-state index contributed by atoms with van der Waals surface area (Å²) in [4.78, 5) is 37.9. The highest BCUT2D eigenvalue weighted by molar-refractivity contribution is 5.94. The fraction of sp³-hybridized carbons (Fsp3) is 0.464. The molecule has 3 fully saturated rings. The van der Waals surface area contributed by atoms with Crippen LogP contribution in [0.1, 0.15) is 55.3 Å². The summed E-state index contributed by atoms with van der Waals surface area (Å²) >= 11 is 0. The van der Waals surface area contributed by atoms with E-state index in [0.29, 0.717) is 24.2 Å². The highest BCUT2D eigenvalue weighted by atomic mass is 19.1. The summed E-state index contributed by atoms with van der Waals surface area (Å²) in [6.45, 7) is 4.44. The number of halogens is 2. The van der Waals surface area contributed by atoms with Crippen molar-refractivity contribution in [1.29, 1.82) is 0 Å². The minimum absolute atomic E-state index is 0.0000504. The minimum Gasteiger partial charge on any atom is -0.355 e. The summed E-state index contributed by atoms with van der Waals surface area (Å²) in [5.41, 5.74) is -0.325. The van der Waals surface area contributed by atoms with Crippen molar-refractivity contribution >= 4 is 11.8 Å². The molecule has 3 heterocycles. The first kappa shape index (κ1) is 25.5. The third-order valence-electron chi connectivity index (χ3n) is 8.10. The molecule has 11 heteroatoms. The molecule has 6 rings (SSSR count). The number of likely N-dealkylation sites (tertiary alicyclic amines) is 1. The van der Waals surface area contributed by atoms with Crippen LogP contribution in [0.4, 0.5) is 8.78 Å². The number of nitrogens with one attached hydrogen (secondary N) is 2. The Labute approximate surface area is 224 Å². The van der Waals surface area contributed by atoms with Crippen molar-refractivity contribution in [2.75, 3.05) is 19.6 Å². The highest BCUT2D eigenvalue weighted by Gasteiger charge is 2.50. The van der Waals surface area contributed by atoms with Crippen LogP contribution in [0.3, 0.4) is 0 Å². The molecule has 0 unspecified atom stereocenters. The third-order valence-corrected chi connectivity index (χ3v) is 8.10. The molecule has 0 radical (unpaired) electrons. The van der Waals surface area contributed by atoms with Crippen molar-refractivity contribution in [2.45, 2.75) is 50.6 Å². The zero-order valence-electron chi connectivity index (χ0n) is 21.6. The van der Waals surface area contributed by atoms with E-state index in [1.54, 1.807) is 18.5 Å². The Balaban J connectivity index is 1.18. The molecule has 3 aromatic rings. The van der Waals surface area contributed by atoms with Gasteiger partial charge in [-0.15, -0.1) is 0 Å². The largest absolute Gasteiger partial charge is 0.355 e.